The van der Waals surface area contributed by atoms with E-state index in [0.29, 0.717) is 6.54 Å². The summed E-state index contributed by atoms with van der Waals surface area (Å²) in [4.78, 5) is 14.0. The number of hydrogen-bond donors (Lipinski definition) is 1. The van der Waals surface area contributed by atoms with Crippen LogP contribution in [0.25, 0.3) is 0 Å². The minimum absolute atomic E-state index is 0.121. The Labute approximate surface area is 120 Å². The molecule has 20 heavy (non-hydrogen) atoms. The molecule has 1 aliphatic heterocycles. The molecule has 1 saturated heterocycles. The average Bonchev–Trinajstić information content (AvgIpc) is 3.31. The normalized spacial score (nSPS) is 23.5. The van der Waals surface area contributed by atoms with Crippen LogP contribution in [-0.2, 0) is 16.1 Å². The van der Waals surface area contributed by atoms with Crippen LogP contribution in [0.1, 0.15) is 18.4 Å². The number of amides is 1. The molecule has 1 N–H and O–H groups in total. The van der Waals surface area contributed by atoms with Crippen molar-refractivity contribution in [3.63, 3.8) is 0 Å². The Hall–Kier alpha value is -1.39. The first-order valence-corrected chi connectivity index (χ1v) is 7.47. The maximum Gasteiger partial charge on any atom is 0.223 e. The van der Waals surface area contributed by atoms with Crippen LogP contribution >= 0.6 is 0 Å². The van der Waals surface area contributed by atoms with Crippen LogP contribution in [0, 0.1) is 5.92 Å². The molecule has 0 aromatic heterocycles. The van der Waals surface area contributed by atoms with Crippen LogP contribution in [0.4, 0.5) is 0 Å². The van der Waals surface area contributed by atoms with E-state index >= 15 is 0 Å². The standard InChI is InChI=1S/C16H22N2O2/c19-16(14-6-7-14)17-10-15-12-18(8-9-20-15)11-13-4-2-1-3-5-13/h1-5,14-15H,6-12H2,(H,17,19). The fourth-order valence-corrected chi connectivity index (χ4v) is 2.59. The van der Waals surface area contributed by atoms with Gasteiger partial charge in [-0.3, -0.25) is 9.69 Å². The number of ether oxygens (including phenoxy) is 1. The molecule has 1 aromatic rings. The van der Waals surface area contributed by atoms with Gasteiger partial charge in [-0.25, -0.2) is 0 Å². The summed E-state index contributed by atoms with van der Waals surface area (Å²) in [6.45, 7) is 4.19. The highest BCUT2D eigenvalue weighted by molar-refractivity contribution is 5.80. The summed E-state index contributed by atoms with van der Waals surface area (Å²) in [5, 5.41) is 3.01. The van der Waals surface area contributed by atoms with Gasteiger partial charge in [0.25, 0.3) is 0 Å². The van der Waals surface area contributed by atoms with E-state index in [4.69, 9.17) is 4.74 Å². The summed E-state index contributed by atoms with van der Waals surface area (Å²) in [5.41, 5.74) is 1.33. The van der Waals surface area contributed by atoms with Crippen molar-refractivity contribution in [1.29, 1.82) is 0 Å². The first-order chi connectivity index (χ1) is 9.81. The summed E-state index contributed by atoms with van der Waals surface area (Å²) >= 11 is 0. The fraction of sp³-hybridized carbons (Fsp3) is 0.562. The maximum atomic E-state index is 11.6. The topological polar surface area (TPSA) is 41.6 Å². The molecule has 0 bridgehead atoms. The molecule has 1 aliphatic carbocycles. The molecule has 1 amide bonds. The summed E-state index contributed by atoms with van der Waals surface area (Å²) < 4.78 is 5.74. The number of nitrogens with zero attached hydrogens (tertiary/aromatic N) is 1. The lowest BCUT2D eigenvalue weighted by molar-refractivity contribution is -0.123. The minimum atomic E-state index is 0.121. The summed E-state index contributed by atoms with van der Waals surface area (Å²) in [7, 11) is 0. The lowest BCUT2D eigenvalue weighted by Gasteiger charge is -2.33. The van der Waals surface area contributed by atoms with Crippen molar-refractivity contribution in [2.24, 2.45) is 5.92 Å². The quantitative estimate of drug-likeness (QED) is 0.883. The Morgan fingerprint density at radius 3 is 2.85 bits per heavy atom. The highest BCUT2D eigenvalue weighted by Gasteiger charge is 2.30. The maximum absolute atomic E-state index is 11.6. The van der Waals surface area contributed by atoms with Crippen LogP contribution in [0.5, 0.6) is 0 Å². The first-order valence-electron chi connectivity index (χ1n) is 7.47. The monoisotopic (exact) mass is 274 g/mol. The number of rotatable bonds is 5. The van der Waals surface area contributed by atoms with E-state index in [0.717, 1.165) is 39.1 Å². The van der Waals surface area contributed by atoms with Crippen molar-refractivity contribution >= 4 is 5.91 Å². The third kappa shape index (κ3) is 3.81. The summed E-state index contributed by atoms with van der Waals surface area (Å²) in [5.74, 6) is 0.479. The number of morpholine rings is 1. The fourth-order valence-electron chi connectivity index (χ4n) is 2.59. The molecule has 4 heteroatoms. The minimum Gasteiger partial charge on any atom is -0.374 e. The van der Waals surface area contributed by atoms with Gasteiger partial charge in [-0.1, -0.05) is 30.3 Å². The number of carbonyl (C=O) groups excluding carboxylic acids is 1. The van der Waals surface area contributed by atoms with Gasteiger partial charge in [-0.05, 0) is 18.4 Å². The van der Waals surface area contributed by atoms with E-state index in [9.17, 15) is 4.79 Å². The molecule has 2 aliphatic rings. The third-order valence-corrected chi connectivity index (χ3v) is 3.92. The molecule has 0 spiro atoms. The van der Waals surface area contributed by atoms with Crippen molar-refractivity contribution < 1.29 is 9.53 Å². The zero-order chi connectivity index (χ0) is 13.8. The molecule has 4 nitrogen and oxygen atoms in total. The Morgan fingerprint density at radius 1 is 1.30 bits per heavy atom. The molecule has 2 fully saturated rings. The van der Waals surface area contributed by atoms with Crippen molar-refractivity contribution in [1.82, 2.24) is 10.2 Å². The summed E-state index contributed by atoms with van der Waals surface area (Å²) in [6, 6.07) is 10.5. The van der Waals surface area contributed by atoms with E-state index in [-0.39, 0.29) is 17.9 Å². The first kappa shape index (κ1) is 13.6. The molecule has 1 saturated carbocycles. The van der Waals surface area contributed by atoms with Gasteiger partial charge in [-0.2, -0.15) is 0 Å². The lowest BCUT2D eigenvalue weighted by Crippen LogP contribution is -2.47. The van der Waals surface area contributed by atoms with Gasteiger partial charge >= 0.3 is 0 Å². The second kappa shape index (κ2) is 6.37. The van der Waals surface area contributed by atoms with Crippen LogP contribution in [-0.4, -0.2) is 43.2 Å². The Morgan fingerprint density at radius 2 is 2.10 bits per heavy atom. The van der Waals surface area contributed by atoms with Crippen molar-refractivity contribution in [3.8, 4) is 0 Å². The molecular formula is C16H22N2O2. The highest BCUT2D eigenvalue weighted by Crippen LogP contribution is 2.28. The van der Waals surface area contributed by atoms with Crippen molar-refractivity contribution in [2.75, 3.05) is 26.2 Å². The van der Waals surface area contributed by atoms with E-state index in [1.807, 2.05) is 6.07 Å². The molecule has 108 valence electrons. The zero-order valence-corrected chi connectivity index (χ0v) is 11.8. The van der Waals surface area contributed by atoms with Gasteiger partial charge in [0, 0.05) is 32.1 Å². The van der Waals surface area contributed by atoms with Gasteiger partial charge < -0.3 is 10.1 Å². The van der Waals surface area contributed by atoms with Gasteiger partial charge in [-0.15, -0.1) is 0 Å². The predicted molar refractivity (Wildman–Crippen MR) is 77.2 cm³/mol. The van der Waals surface area contributed by atoms with Gasteiger partial charge in [0.05, 0.1) is 12.7 Å². The molecule has 1 unspecified atom stereocenters. The van der Waals surface area contributed by atoms with Crippen molar-refractivity contribution in [3.05, 3.63) is 35.9 Å². The van der Waals surface area contributed by atoms with Gasteiger partial charge in [0.15, 0.2) is 0 Å². The smallest absolute Gasteiger partial charge is 0.223 e. The van der Waals surface area contributed by atoms with E-state index in [1.54, 1.807) is 0 Å². The second-order valence-electron chi connectivity index (χ2n) is 5.73. The Balaban J connectivity index is 1.45. The molecule has 1 aromatic carbocycles. The van der Waals surface area contributed by atoms with E-state index in [1.165, 1.54) is 5.56 Å². The number of hydrogen-bond acceptors (Lipinski definition) is 3. The third-order valence-electron chi connectivity index (χ3n) is 3.92. The number of benzene rings is 1. The SMILES string of the molecule is O=C(NCC1CN(Cc2ccccc2)CCO1)C1CC1. The average molecular weight is 274 g/mol. The summed E-state index contributed by atoms with van der Waals surface area (Å²) in [6.07, 6.45) is 2.23. The van der Waals surface area contributed by atoms with Gasteiger partial charge in [0.2, 0.25) is 5.91 Å². The molecule has 1 heterocycles. The molecule has 3 rings (SSSR count). The number of carbonyl (C=O) groups is 1. The second-order valence-corrected chi connectivity index (χ2v) is 5.73. The Bertz CT molecular complexity index is 445. The zero-order valence-electron chi connectivity index (χ0n) is 11.8. The van der Waals surface area contributed by atoms with Crippen LogP contribution in [0.2, 0.25) is 0 Å². The van der Waals surface area contributed by atoms with Crippen LogP contribution in [0.3, 0.4) is 0 Å². The number of nitrogens with one attached hydrogen (secondary N) is 1. The van der Waals surface area contributed by atoms with E-state index < -0.39 is 0 Å². The molecule has 1 atom stereocenters. The van der Waals surface area contributed by atoms with Crippen molar-refractivity contribution in [2.45, 2.75) is 25.5 Å². The van der Waals surface area contributed by atoms with Crippen LogP contribution < -0.4 is 5.32 Å². The largest absolute Gasteiger partial charge is 0.374 e. The molecule has 0 radical (unpaired) electrons. The van der Waals surface area contributed by atoms with E-state index in [2.05, 4.69) is 34.5 Å². The Kier molecular flexibility index (Phi) is 4.33. The lowest BCUT2D eigenvalue weighted by atomic mass is 10.2. The molecular weight excluding hydrogens is 252 g/mol. The van der Waals surface area contributed by atoms with Gasteiger partial charge in [0.1, 0.15) is 0 Å². The predicted octanol–water partition coefficient (Wildman–Crippen LogP) is 1.41. The highest BCUT2D eigenvalue weighted by atomic mass is 16.5. The van der Waals surface area contributed by atoms with Crippen LogP contribution in [0.15, 0.2) is 30.3 Å².